The van der Waals surface area contributed by atoms with Crippen molar-refractivity contribution in [3.05, 3.63) is 46.2 Å². The van der Waals surface area contributed by atoms with Crippen LogP contribution in [0.15, 0.2) is 24.5 Å². The molecule has 2 heterocycles. The maximum Gasteiger partial charge on any atom is 0.303 e. The van der Waals surface area contributed by atoms with E-state index in [1.807, 2.05) is 0 Å². The molecule has 3 rings (SSSR count). The number of ether oxygens (including phenoxy) is 1. The minimum atomic E-state index is -0.740. The van der Waals surface area contributed by atoms with Gasteiger partial charge in [0.1, 0.15) is 23.4 Å². The Labute approximate surface area is 172 Å². The molecular weight excluding hydrogens is 462 g/mol. The van der Waals surface area contributed by atoms with Crippen molar-refractivity contribution in [1.82, 2.24) is 19.6 Å². The Morgan fingerprint density at radius 1 is 1.37 bits per heavy atom. The zero-order valence-electron chi connectivity index (χ0n) is 14.1. The Morgan fingerprint density at radius 3 is 2.81 bits per heavy atom. The predicted octanol–water partition coefficient (Wildman–Crippen LogP) is 5.02. The monoisotopic (exact) mass is 474 g/mol. The van der Waals surface area contributed by atoms with Crippen LogP contribution < -0.4 is 0 Å². The van der Waals surface area contributed by atoms with Crippen LogP contribution >= 0.6 is 39.1 Å². The summed E-state index contributed by atoms with van der Waals surface area (Å²) in [6.07, 6.45) is 1.71. The topological polar surface area (TPSA) is 69.4 Å². The van der Waals surface area contributed by atoms with Gasteiger partial charge < -0.3 is 4.74 Å². The molecule has 10 heteroatoms. The third-order valence-corrected chi connectivity index (χ3v) is 4.99. The zero-order chi connectivity index (χ0) is 19.6. The van der Waals surface area contributed by atoms with Gasteiger partial charge in [-0.2, -0.15) is 19.6 Å². The number of hydrogen-bond donors (Lipinski definition) is 0. The van der Waals surface area contributed by atoms with E-state index in [0.717, 1.165) is 0 Å². The highest BCUT2D eigenvalue weighted by Gasteiger charge is 2.29. The molecule has 1 aromatic carbocycles. The van der Waals surface area contributed by atoms with E-state index in [1.165, 1.54) is 29.9 Å². The van der Waals surface area contributed by atoms with Gasteiger partial charge in [-0.15, -0.1) is 0 Å². The normalized spacial score (nSPS) is 12.3. The fourth-order valence-corrected chi connectivity index (χ4v) is 3.66. The van der Waals surface area contributed by atoms with Gasteiger partial charge in [-0.3, -0.25) is 4.79 Å². The molecule has 1 unspecified atom stereocenters. The molecule has 3 aromatic rings. The van der Waals surface area contributed by atoms with Crippen LogP contribution in [-0.4, -0.2) is 30.9 Å². The van der Waals surface area contributed by atoms with Gasteiger partial charge in [0.25, 0.3) is 5.78 Å². The van der Waals surface area contributed by atoms with E-state index in [4.69, 9.17) is 27.9 Å². The molecule has 0 N–H and O–H groups in total. The summed E-state index contributed by atoms with van der Waals surface area (Å²) in [4.78, 5) is 19.9. The van der Waals surface area contributed by atoms with Crippen LogP contribution in [0.3, 0.4) is 0 Å². The summed E-state index contributed by atoms with van der Waals surface area (Å²) in [7, 11) is 0. The lowest BCUT2D eigenvalue weighted by Crippen LogP contribution is -2.16. The fraction of sp³-hybridized carbons (Fsp3) is 0.294. The molecule has 1 atom stereocenters. The highest BCUT2D eigenvalue weighted by molar-refractivity contribution is 9.09. The molecule has 0 aliphatic carbocycles. The molecule has 142 valence electrons. The lowest BCUT2D eigenvalue weighted by molar-refractivity contribution is -0.147. The van der Waals surface area contributed by atoms with Crippen LogP contribution in [0.5, 0.6) is 0 Å². The maximum atomic E-state index is 14.7. The standard InChI is InChI=1S/C17H14BrCl2FN4O2/c1-9(26)27-12(6-3-7-18)15-14(13-10(19)4-2-5-11(13)21)16(20)24-17-22-8-23-25(15)17/h2,4-5,8,12H,3,6-7H2,1H3. The van der Waals surface area contributed by atoms with Crippen molar-refractivity contribution >= 4 is 50.9 Å². The molecule has 0 aliphatic heterocycles. The molecule has 6 nitrogen and oxygen atoms in total. The molecule has 0 fully saturated rings. The lowest BCUT2D eigenvalue weighted by atomic mass is 9.99. The molecule has 27 heavy (non-hydrogen) atoms. The SMILES string of the molecule is CC(=O)OC(CCCBr)c1c(-c2c(F)cccc2Cl)c(Cl)nc2ncnn12. The first-order chi connectivity index (χ1) is 12.9. The van der Waals surface area contributed by atoms with Gasteiger partial charge in [-0.1, -0.05) is 45.2 Å². The minimum Gasteiger partial charge on any atom is -0.456 e. The van der Waals surface area contributed by atoms with E-state index in [-0.39, 0.29) is 27.1 Å². The van der Waals surface area contributed by atoms with Gasteiger partial charge in [0.2, 0.25) is 0 Å². The first-order valence-electron chi connectivity index (χ1n) is 8.00. The first-order valence-corrected chi connectivity index (χ1v) is 9.88. The van der Waals surface area contributed by atoms with E-state index >= 15 is 0 Å². The van der Waals surface area contributed by atoms with Crippen molar-refractivity contribution in [3.8, 4) is 11.1 Å². The average Bonchev–Trinajstić information content (AvgIpc) is 3.06. The van der Waals surface area contributed by atoms with Crippen molar-refractivity contribution < 1.29 is 13.9 Å². The van der Waals surface area contributed by atoms with Crippen molar-refractivity contribution in [2.75, 3.05) is 5.33 Å². The summed E-state index contributed by atoms with van der Waals surface area (Å²) in [5, 5.41) is 5.00. The van der Waals surface area contributed by atoms with Gasteiger partial charge in [-0.25, -0.2) is 4.39 Å². The van der Waals surface area contributed by atoms with Crippen LogP contribution in [0, 0.1) is 5.82 Å². The quantitative estimate of drug-likeness (QED) is 0.284. The Hall–Kier alpha value is -1.77. The molecule has 0 aliphatic rings. The molecular formula is C17H14BrCl2FN4O2. The first kappa shape index (κ1) is 20.0. The Bertz CT molecular complexity index is 978. The number of rotatable bonds is 6. The Kier molecular flexibility index (Phi) is 6.29. The van der Waals surface area contributed by atoms with Gasteiger partial charge in [0.15, 0.2) is 0 Å². The third kappa shape index (κ3) is 4.07. The average molecular weight is 476 g/mol. The molecule has 2 aromatic heterocycles. The second-order valence-electron chi connectivity index (χ2n) is 5.66. The second kappa shape index (κ2) is 8.50. The van der Waals surface area contributed by atoms with Crippen molar-refractivity contribution in [1.29, 1.82) is 0 Å². The fourth-order valence-electron chi connectivity index (χ4n) is 2.82. The van der Waals surface area contributed by atoms with Gasteiger partial charge in [0.05, 0.1) is 10.7 Å². The Balaban J connectivity index is 2.34. The number of benzene rings is 1. The number of hydrogen-bond acceptors (Lipinski definition) is 5. The zero-order valence-corrected chi connectivity index (χ0v) is 17.2. The molecule has 0 saturated carbocycles. The molecule has 0 bridgehead atoms. The summed E-state index contributed by atoms with van der Waals surface area (Å²) in [5.74, 6) is -0.849. The predicted molar refractivity (Wildman–Crippen MR) is 104 cm³/mol. The number of nitrogens with zero attached hydrogens (tertiary/aromatic N) is 4. The second-order valence-corrected chi connectivity index (χ2v) is 7.22. The number of carbonyl (C=O) groups is 1. The van der Waals surface area contributed by atoms with Crippen LogP contribution in [-0.2, 0) is 9.53 Å². The van der Waals surface area contributed by atoms with E-state index < -0.39 is 17.9 Å². The van der Waals surface area contributed by atoms with Gasteiger partial charge in [-0.05, 0) is 25.0 Å². The Morgan fingerprint density at radius 2 is 2.15 bits per heavy atom. The number of fused-ring (bicyclic) bond motifs is 1. The van der Waals surface area contributed by atoms with Crippen molar-refractivity contribution in [2.45, 2.75) is 25.9 Å². The van der Waals surface area contributed by atoms with E-state index in [9.17, 15) is 9.18 Å². The summed E-state index contributed by atoms with van der Waals surface area (Å²) < 4.78 is 21.6. The number of carbonyl (C=O) groups excluding carboxylic acids is 1. The number of halogens is 4. The molecule has 0 radical (unpaired) electrons. The number of alkyl halides is 1. The van der Waals surface area contributed by atoms with Gasteiger partial charge >= 0.3 is 5.97 Å². The third-order valence-electron chi connectivity index (χ3n) is 3.84. The summed E-state index contributed by atoms with van der Waals surface area (Å²) in [6, 6.07) is 4.31. The van der Waals surface area contributed by atoms with E-state index in [2.05, 4.69) is 31.0 Å². The lowest BCUT2D eigenvalue weighted by Gasteiger charge is -2.22. The smallest absolute Gasteiger partial charge is 0.303 e. The van der Waals surface area contributed by atoms with Crippen LogP contribution in [0.25, 0.3) is 16.9 Å². The highest BCUT2D eigenvalue weighted by Crippen LogP contribution is 2.41. The molecule has 0 spiro atoms. The van der Waals surface area contributed by atoms with E-state index in [0.29, 0.717) is 23.9 Å². The molecule has 0 amide bonds. The minimum absolute atomic E-state index is 0.00602. The largest absolute Gasteiger partial charge is 0.456 e. The summed E-state index contributed by atoms with van der Waals surface area (Å²) in [5.41, 5.74) is 0.657. The maximum absolute atomic E-state index is 14.7. The van der Waals surface area contributed by atoms with Gasteiger partial charge in [0, 0.05) is 23.4 Å². The van der Waals surface area contributed by atoms with E-state index in [1.54, 1.807) is 6.07 Å². The van der Waals surface area contributed by atoms with Crippen LogP contribution in [0.2, 0.25) is 10.2 Å². The van der Waals surface area contributed by atoms with Crippen LogP contribution in [0.1, 0.15) is 31.6 Å². The number of aromatic nitrogens is 4. The highest BCUT2D eigenvalue weighted by atomic mass is 79.9. The van der Waals surface area contributed by atoms with Crippen molar-refractivity contribution in [2.24, 2.45) is 0 Å². The number of esters is 1. The van der Waals surface area contributed by atoms with Crippen LogP contribution in [0.4, 0.5) is 4.39 Å². The van der Waals surface area contributed by atoms with Crippen molar-refractivity contribution in [3.63, 3.8) is 0 Å². The summed E-state index contributed by atoms with van der Waals surface area (Å²) in [6.45, 7) is 1.30. The summed E-state index contributed by atoms with van der Waals surface area (Å²) >= 11 is 16.0. The molecule has 0 saturated heterocycles.